The van der Waals surface area contributed by atoms with Crippen LogP contribution in [0.15, 0.2) is 53.0 Å². The molecule has 21 heavy (non-hydrogen) atoms. The van der Waals surface area contributed by atoms with Crippen molar-refractivity contribution >= 4 is 44.4 Å². The van der Waals surface area contributed by atoms with Gasteiger partial charge in [-0.1, -0.05) is 63.9 Å². The molecule has 0 fully saturated rings. The zero-order chi connectivity index (χ0) is 15.0. The van der Waals surface area contributed by atoms with Gasteiger partial charge >= 0.3 is 5.97 Å². The molecular formula is C16H9BrClNO2. The predicted octanol–water partition coefficient (Wildman–Crippen LogP) is 5.02. The van der Waals surface area contributed by atoms with Crippen molar-refractivity contribution in [1.29, 1.82) is 0 Å². The smallest absolute Gasteiger partial charge is 0.338 e. The van der Waals surface area contributed by atoms with Gasteiger partial charge < -0.3 is 5.11 Å². The molecule has 0 radical (unpaired) electrons. The number of carbonyl (C=O) groups is 1. The fourth-order valence-electron chi connectivity index (χ4n) is 2.24. The van der Waals surface area contributed by atoms with Crippen molar-refractivity contribution in [3.05, 3.63) is 63.6 Å². The minimum absolute atomic E-state index is 0.0630. The molecule has 3 aromatic rings. The summed E-state index contributed by atoms with van der Waals surface area (Å²) in [7, 11) is 0. The van der Waals surface area contributed by atoms with Crippen molar-refractivity contribution in [2.24, 2.45) is 0 Å². The Hall–Kier alpha value is -1.91. The van der Waals surface area contributed by atoms with Crippen LogP contribution in [0.25, 0.3) is 22.2 Å². The van der Waals surface area contributed by atoms with Gasteiger partial charge in [0.2, 0.25) is 0 Å². The lowest BCUT2D eigenvalue weighted by Gasteiger charge is -2.11. The minimum Gasteiger partial charge on any atom is -0.478 e. The van der Waals surface area contributed by atoms with E-state index in [4.69, 9.17) is 11.6 Å². The molecule has 0 saturated carbocycles. The highest BCUT2D eigenvalue weighted by Crippen LogP contribution is 2.36. The molecule has 3 nitrogen and oxygen atoms in total. The average Bonchev–Trinajstić information content (AvgIpc) is 2.48. The maximum absolute atomic E-state index is 11.6. The number of pyridine rings is 1. The number of carboxylic acids is 1. The van der Waals surface area contributed by atoms with Gasteiger partial charge in [-0.2, -0.15) is 0 Å². The van der Waals surface area contributed by atoms with E-state index < -0.39 is 5.97 Å². The number of aromatic carboxylic acids is 1. The molecule has 0 bridgehead atoms. The van der Waals surface area contributed by atoms with Gasteiger partial charge in [-0.15, -0.1) is 0 Å². The van der Waals surface area contributed by atoms with E-state index >= 15 is 0 Å². The van der Waals surface area contributed by atoms with Gasteiger partial charge in [-0.05, 0) is 12.1 Å². The maximum Gasteiger partial charge on any atom is 0.338 e. The van der Waals surface area contributed by atoms with E-state index in [9.17, 15) is 9.90 Å². The largest absolute Gasteiger partial charge is 0.478 e. The fraction of sp³-hybridized carbons (Fsp3) is 0. The Morgan fingerprint density at radius 1 is 1.10 bits per heavy atom. The third kappa shape index (κ3) is 2.41. The standard InChI is InChI=1S/C16H9BrClNO2/c17-10-7-4-8-11-12(10)13(16(20)21)14(18)15(19-11)9-5-2-1-3-6-9/h1-8H,(H,20,21). The summed E-state index contributed by atoms with van der Waals surface area (Å²) in [5.74, 6) is -1.07. The van der Waals surface area contributed by atoms with Gasteiger partial charge in [0, 0.05) is 15.4 Å². The molecule has 0 aliphatic heterocycles. The molecule has 0 aliphatic carbocycles. The van der Waals surface area contributed by atoms with Crippen LogP contribution in [-0.4, -0.2) is 16.1 Å². The molecule has 0 saturated heterocycles. The number of hydrogen-bond donors (Lipinski definition) is 1. The van der Waals surface area contributed by atoms with E-state index in [0.717, 1.165) is 5.56 Å². The molecule has 3 rings (SSSR count). The van der Waals surface area contributed by atoms with Crippen molar-refractivity contribution < 1.29 is 9.90 Å². The van der Waals surface area contributed by atoms with Crippen molar-refractivity contribution in [3.8, 4) is 11.3 Å². The van der Waals surface area contributed by atoms with Crippen LogP contribution in [0.2, 0.25) is 5.02 Å². The quantitative estimate of drug-likeness (QED) is 0.696. The lowest BCUT2D eigenvalue weighted by atomic mass is 10.0. The SMILES string of the molecule is O=C(O)c1c(Cl)c(-c2ccccc2)nc2cccc(Br)c12. The molecule has 0 spiro atoms. The Morgan fingerprint density at radius 3 is 2.48 bits per heavy atom. The number of fused-ring (bicyclic) bond motifs is 1. The van der Waals surface area contributed by atoms with Crippen LogP contribution in [-0.2, 0) is 0 Å². The molecule has 104 valence electrons. The average molecular weight is 363 g/mol. The number of nitrogens with zero attached hydrogens (tertiary/aromatic N) is 1. The highest BCUT2D eigenvalue weighted by Gasteiger charge is 2.21. The number of rotatable bonds is 2. The van der Waals surface area contributed by atoms with Gasteiger partial charge in [0.15, 0.2) is 0 Å². The second-order valence-corrected chi connectivity index (χ2v) is 5.69. The molecule has 0 amide bonds. The van der Waals surface area contributed by atoms with Crippen molar-refractivity contribution in [2.75, 3.05) is 0 Å². The number of halogens is 2. The van der Waals surface area contributed by atoms with Gasteiger partial charge in [-0.3, -0.25) is 0 Å². The molecule has 2 aromatic carbocycles. The highest BCUT2D eigenvalue weighted by atomic mass is 79.9. The van der Waals surface area contributed by atoms with Gasteiger partial charge in [0.05, 0.1) is 21.8 Å². The number of carboxylic acid groups (broad SMARTS) is 1. The highest BCUT2D eigenvalue weighted by molar-refractivity contribution is 9.10. The van der Waals surface area contributed by atoms with Crippen LogP contribution in [0, 0.1) is 0 Å². The second kappa shape index (κ2) is 5.47. The summed E-state index contributed by atoms with van der Waals surface area (Å²) < 4.78 is 0.659. The fourth-order valence-corrected chi connectivity index (χ4v) is 3.12. The Bertz CT molecular complexity index is 850. The zero-order valence-electron chi connectivity index (χ0n) is 10.7. The molecule has 1 N–H and O–H groups in total. The van der Waals surface area contributed by atoms with Crippen molar-refractivity contribution in [2.45, 2.75) is 0 Å². The van der Waals surface area contributed by atoms with E-state index in [-0.39, 0.29) is 10.6 Å². The summed E-state index contributed by atoms with van der Waals surface area (Å²) in [6.07, 6.45) is 0. The van der Waals surface area contributed by atoms with Gasteiger partial charge in [-0.25, -0.2) is 9.78 Å². The van der Waals surface area contributed by atoms with Crippen LogP contribution < -0.4 is 0 Å². The topological polar surface area (TPSA) is 50.2 Å². The molecule has 0 unspecified atom stereocenters. The Morgan fingerprint density at radius 2 is 1.81 bits per heavy atom. The maximum atomic E-state index is 11.6. The van der Waals surface area contributed by atoms with Crippen LogP contribution in [0.5, 0.6) is 0 Å². The van der Waals surface area contributed by atoms with E-state index in [0.29, 0.717) is 21.1 Å². The Balaban J connectivity index is 2.44. The Labute approximate surface area is 134 Å². The molecule has 0 aliphatic rings. The summed E-state index contributed by atoms with van der Waals surface area (Å²) in [5, 5.41) is 10.2. The summed E-state index contributed by atoms with van der Waals surface area (Å²) in [5.41, 5.74) is 1.91. The van der Waals surface area contributed by atoms with E-state index in [2.05, 4.69) is 20.9 Å². The lowest BCUT2D eigenvalue weighted by Crippen LogP contribution is -2.03. The first-order chi connectivity index (χ1) is 10.1. The zero-order valence-corrected chi connectivity index (χ0v) is 13.0. The van der Waals surface area contributed by atoms with Gasteiger partial charge in [0.1, 0.15) is 0 Å². The number of aromatic nitrogens is 1. The molecular weight excluding hydrogens is 354 g/mol. The second-order valence-electron chi connectivity index (χ2n) is 4.45. The third-order valence-corrected chi connectivity index (χ3v) is 4.19. The summed E-state index contributed by atoms with van der Waals surface area (Å²) in [6, 6.07) is 14.7. The summed E-state index contributed by atoms with van der Waals surface area (Å²) in [6.45, 7) is 0. The van der Waals surface area contributed by atoms with E-state index in [1.54, 1.807) is 12.1 Å². The monoisotopic (exact) mass is 361 g/mol. The predicted molar refractivity (Wildman–Crippen MR) is 86.8 cm³/mol. The minimum atomic E-state index is -1.07. The summed E-state index contributed by atoms with van der Waals surface area (Å²) >= 11 is 9.69. The van der Waals surface area contributed by atoms with Crippen molar-refractivity contribution in [1.82, 2.24) is 4.98 Å². The number of benzene rings is 2. The van der Waals surface area contributed by atoms with Crippen LogP contribution >= 0.6 is 27.5 Å². The molecule has 1 heterocycles. The van der Waals surface area contributed by atoms with Crippen LogP contribution in [0.1, 0.15) is 10.4 Å². The first-order valence-electron chi connectivity index (χ1n) is 6.16. The summed E-state index contributed by atoms with van der Waals surface area (Å²) in [4.78, 5) is 16.2. The van der Waals surface area contributed by atoms with E-state index in [1.165, 1.54) is 0 Å². The first-order valence-corrected chi connectivity index (χ1v) is 7.33. The molecule has 0 atom stereocenters. The number of hydrogen-bond acceptors (Lipinski definition) is 2. The van der Waals surface area contributed by atoms with Crippen LogP contribution in [0.4, 0.5) is 0 Å². The molecule has 5 heteroatoms. The normalized spacial score (nSPS) is 10.8. The first kappa shape index (κ1) is 14.0. The van der Waals surface area contributed by atoms with Crippen molar-refractivity contribution in [3.63, 3.8) is 0 Å². The lowest BCUT2D eigenvalue weighted by molar-refractivity contribution is 0.0699. The third-order valence-electron chi connectivity index (χ3n) is 3.16. The van der Waals surface area contributed by atoms with Crippen LogP contribution in [0.3, 0.4) is 0 Å². The Kier molecular flexibility index (Phi) is 3.66. The van der Waals surface area contributed by atoms with Gasteiger partial charge in [0.25, 0.3) is 0 Å². The van der Waals surface area contributed by atoms with E-state index in [1.807, 2.05) is 36.4 Å². The molecule has 1 aromatic heterocycles.